The van der Waals surface area contributed by atoms with E-state index in [0.717, 1.165) is 16.2 Å². The van der Waals surface area contributed by atoms with E-state index >= 15 is 0 Å². The van der Waals surface area contributed by atoms with Crippen molar-refractivity contribution in [1.82, 2.24) is 10.2 Å². The van der Waals surface area contributed by atoms with Gasteiger partial charge >= 0.3 is 5.97 Å². The Balaban J connectivity index is 1.58. The second-order valence-electron chi connectivity index (χ2n) is 9.12. The van der Waals surface area contributed by atoms with Gasteiger partial charge in [-0.15, -0.1) is 11.3 Å². The summed E-state index contributed by atoms with van der Waals surface area (Å²) >= 11 is 1.57. The van der Waals surface area contributed by atoms with Gasteiger partial charge in [-0.2, -0.15) is 0 Å². The van der Waals surface area contributed by atoms with Crippen molar-refractivity contribution in [3.63, 3.8) is 0 Å². The number of aliphatic carboxylic acids is 1. The topological polar surface area (TPSA) is 95.9 Å². The summed E-state index contributed by atoms with van der Waals surface area (Å²) in [4.78, 5) is 41.1. The number of nitrogens with zero attached hydrogens (tertiary/aromatic N) is 1. The van der Waals surface area contributed by atoms with Crippen LogP contribution >= 0.6 is 11.3 Å². The fourth-order valence-electron chi connectivity index (χ4n) is 4.40. The normalized spacial score (nSPS) is 10.6. The first kappa shape index (κ1) is 28.6. The summed E-state index contributed by atoms with van der Waals surface area (Å²) in [5.74, 6) is -0.710. The molecule has 2 N–H and O–H groups in total. The molecular weight excluding hydrogens is 524 g/mol. The van der Waals surface area contributed by atoms with E-state index in [1.165, 1.54) is 0 Å². The number of carboxylic acids is 1. The van der Waals surface area contributed by atoms with Gasteiger partial charge in [0.25, 0.3) is 11.8 Å². The third-order valence-electron chi connectivity index (χ3n) is 6.41. The summed E-state index contributed by atoms with van der Waals surface area (Å²) in [6, 6.07) is 25.9. The average Bonchev–Trinajstić information content (AvgIpc) is 3.50. The summed E-state index contributed by atoms with van der Waals surface area (Å²) in [6.45, 7) is 3.34. The summed E-state index contributed by atoms with van der Waals surface area (Å²) in [6.07, 6.45) is 0.389. The standard InChI is InChI=1S/C32H32N2O5S/c1-2-39-24-15-13-23(14-16-24)17-19-34(20-18-30(35)36)32(38)29-12-6-4-10-27(29)26-9-3-5-11-28(26)31(37)33-22-25-8-7-21-40-25/h3-16,21H,2,17-20,22H2,1H3,(H,33,37)(H,35,36). The largest absolute Gasteiger partial charge is 0.494 e. The maximum atomic E-state index is 13.9. The molecule has 206 valence electrons. The number of benzene rings is 3. The van der Waals surface area contributed by atoms with E-state index in [-0.39, 0.29) is 24.8 Å². The van der Waals surface area contributed by atoms with Gasteiger partial charge in [0, 0.05) is 29.1 Å². The lowest BCUT2D eigenvalue weighted by molar-refractivity contribution is -0.137. The van der Waals surface area contributed by atoms with Gasteiger partial charge in [0.15, 0.2) is 0 Å². The first-order valence-electron chi connectivity index (χ1n) is 13.2. The first-order valence-corrected chi connectivity index (χ1v) is 14.1. The molecule has 40 heavy (non-hydrogen) atoms. The zero-order chi connectivity index (χ0) is 28.3. The van der Waals surface area contributed by atoms with E-state index < -0.39 is 5.97 Å². The molecule has 7 nitrogen and oxygen atoms in total. The molecule has 1 aromatic heterocycles. The zero-order valence-corrected chi connectivity index (χ0v) is 23.2. The molecule has 2 amide bonds. The van der Waals surface area contributed by atoms with Crippen LogP contribution in [0.5, 0.6) is 5.75 Å². The Kier molecular flexibility index (Phi) is 10.1. The minimum absolute atomic E-state index is 0.0719. The van der Waals surface area contributed by atoms with Crippen LogP contribution in [0.15, 0.2) is 90.3 Å². The highest BCUT2D eigenvalue weighted by Gasteiger charge is 2.22. The highest BCUT2D eigenvalue weighted by molar-refractivity contribution is 7.09. The molecule has 0 saturated carbocycles. The third-order valence-corrected chi connectivity index (χ3v) is 7.29. The highest BCUT2D eigenvalue weighted by Crippen LogP contribution is 2.29. The van der Waals surface area contributed by atoms with E-state index in [1.54, 1.807) is 40.5 Å². The van der Waals surface area contributed by atoms with Crippen LogP contribution < -0.4 is 10.1 Å². The predicted octanol–water partition coefficient (Wildman–Crippen LogP) is 5.90. The number of carbonyl (C=O) groups is 3. The number of ether oxygens (including phenoxy) is 1. The van der Waals surface area contributed by atoms with Gasteiger partial charge in [0.05, 0.1) is 19.6 Å². The predicted molar refractivity (Wildman–Crippen MR) is 157 cm³/mol. The van der Waals surface area contributed by atoms with Crippen molar-refractivity contribution in [2.75, 3.05) is 19.7 Å². The molecule has 0 saturated heterocycles. The van der Waals surface area contributed by atoms with Crippen molar-refractivity contribution in [3.05, 3.63) is 112 Å². The van der Waals surface area contributed by atoms with Gasteiger partial charge < -0.3 is 20.1 Å². The molecule has 0 fully saturated rings. The van der Waals surface area contributed by atoms with Crippen LogP contribution in [-0.2, 0) is 17.8 Å². The fourth-order valence-corrected chi connectivity index (χ4v) is 5.04. The maximum Gasteiger partial charge on any atom is 0.305 e. The molecule has 0 bridgehead atoms. The zero-order valence-electron chi connectivity index (χ0n) is 22.3. The van der Waals surface area contributed by atoms with Gasteiger partial charge in [0.2, 0.25) is 0 Å². The van der Waals surface area contributed by atoms with Crippen LogP contribution in [0.3, 0.4) is 0 Å². The van der Waals surface area contributed by atoms with Crippen molar-refractivity contribution in [2.24, 2.45) is 0 Å². The SMILES string of the molecule is CCOc1ccc(CCN(CCC(=O)O)C(=O)c2ccccc2-c2ccccc2C(=O)NCc2cccs2)cc1. The molecule has 0 aliphatic rings. The number of hydrogen-bond donors (Lipinski definition) is 2. The Morgan fingerprint density at radius 2 is 1.52 bits per heavy atom. The third kappa shape index (κ3) is 7.57. The fraction of sp³-hybridized carbons (Fsp3) is 0.219. The summed E-state index contributed by atoms with van der Waals surface area (Å²) < 4.78 is 5.51. The Morgan fingerprint density at radius 3 is 2.17 bits per heavy atom. The molecule has 8 heteroatoms. The van der Waals surface area contributed by atoms with Gasteiger partial charge in [-0.1, -0.05) is 54.6 Å². The lowest BCUT2D eigenvalue weighted by Crippen LogP contribution is -2.35. The second-order valence-corrected chi connectivity index (χ2v) is 10.1. The van der Waals surface area contributed by atoms with Crippen molar-refractivity contribution in [3.8, 4) is 16.9 Å². The van der Waals surface area contributed by atoms with Gasteiger partial charge in [-0.3, -0.25) is 14.4 Å². The minimum atomic E-state index is -0.972. The Hall–Kier alpha value is -4.43. The first-order chi connectivity index (χ1) is 19.5. The summed E-state index contributed by atoms with van der Waals surface area (Å²) in [5.41, 5.74) is 3.15. The molecular formula is C32H32N2O5S. The Bertz CT molecular complexity index is 1430. The Morgan fingerprint density at radius 1 is 0.850 bits per heavy atom. The Labute approximate surface area is 238 Å². The van der Waals surface area contributed by atoms with E-state index in [0.29, 0.717) is 48.4 Å². The molecule has 4 rings (SSSR count). The number of amides is 2. The highest BCUT2D eigenvalue weighted by atomic mass is 32.1. The van der Waals surface area contributed by atoms with E-state index in [4.69, 9.17) is 4.74 Å². The van der Waals surface area contributed by atoms with Crippen LogP contribution in [-0.4, -0.2) is 47.5 Å². The molecule has 3 aromatic carbocycles. The van der Waals surface area contributed by atoms with Crippen molar-refractivity contribution >= 4 is 29.1 Å². The number of carboxylic acid groups (broad SMARTS) is 1. The molecule has 4 aromatic rings. The van der Waals surface area contributed by atoms with E-state index in [2.05, 4.69) is 5.32 Å². The van der Waals surface area contributed by atoms with E-state index in [9.17, 15) is 19.5 Å². The molecule has 0 atom stereocenters. The van der Waals surface area contributed by atoms with Crippen LogP contribution in [0.25, 0.3) is 11.1 Å². The molecule has 0 aliphatic carbocycles. The lowest BCUT2D eigenvalue weighted by Gasteiger charge is -2.24. The number of hydrogen-bond acceptors (Lipinski definition) is 5. The second kappa shape index (κ2) is 14.1. The lowest BCUT2D eigenvalue weighted by atomic mass is 9.94. The minimum Gasteiger partial charge on any atom is -0.494 e. The van der Waals surface area contributed by atoms with E-state index in [1.807, 2.05) is 73.0 Å². The van der Waals surface area contributed by atoms with Gasteiger partial charge in [0.1, 0.15) is 5.75 Å². The number of thiophene rings is 1. The van der Waals surface area contributed by atoms with Crippen LogP contribution in [0.1, 0.15) is 44.5 Å². The van der Waals surface area contributed by atoms with Gasteiger partial charge in [-0.05, 0) is 65.7 Å². The van der Waals surface area contributed by atoms with Crippen LogP contribution in [0.4, 0.5) is 0 Å². The monoisotopic (exact) mass is 556 g/mol. The van der Waals surface area contributed by atoms with Crippen LogP contribution in [0, 0.1) is 0 Å². The average molecular weight is 557 g/mol. The molecule has 0 unspecified atom stereocenters. The van der Waals surface area contributed by atoms with Gasteiger partial charge in [-0.25, -0.2) is 0 Å². The van der Waals surface area contributed by atoms with Crippen molar-refractivity contribution < 1.29 is 24.2 Å². The molecule has 0 spiro atoms. The number of carbonyl (C=O) groups excluding carboxylic acids is 2. The summed E-state index contributed by atoms with van der Waals surface area (Å²) in [5, 5.41) is 14.3. The quantitative estimate of drug-likeness (QED) is 0.214. The molecule has 0 radical (unpaired) electrons. The number of nitrogens with one attached hydrogen (secondary N) is 1. The van der Waals surface area contributed by atoms with Crippen molar-refractivity contribution in [1.29, 1.82) is 0 Å². The molecule has 0 aliphatic heterocycles. The number of rotatable bonds is 13. The molecule has 1 heterocycles. The smallest absolute Gasteiger partial charge is 0.305 e. The van der Waals surface area contributed by atoms with Crippen molar-refractivity contribution in [2.45, 2.75) is 26.3 Å². The van der Waals surface area contributed by atoms with Crippen LogP contribution in [0.2, 0.25) is 0 Å². The summed E-state index contributed by atoms with van der Waals surface area (Å²) in [7, 11) is 0. The maximum absolute atomic E-state index is 13.9.